The summed E-state index contributed by atoms with van der Waals surface area (Å²) >= 11 is 0. The zero-order valence-electron chi connectivity index (χ0n) is 12.4. The molecule has 5 nitrogen and oxygen atoms in total. The molecule has 114 valence electrons. The third kappa shape index (κ3) is 3.44. The van der Waals surface area contributed by atoms with Gasteiger partial charge in [-0.1, -0.05) is 47.6 Å². The van der Waals surface area contributed by atoms with E-state index in [2.05, 4.69) is 9.89 Å². The molecule has 0 heterocycles. The normalized spacial score (nSPS) is 11.1. The zero-order chi connectivity index (χ0) is 15.9. The van der Waals surface area contributed by atoms with Crippen LogP contribution in [0.4, 0.5) is 0 Å². The molecule has 1 N–H and O–H groups in total. The largest absolute Gasteiger partial charge is 0.489 e. The van der Waals surface area contributed by atoms with Crippen molar-refractivity contribution in [3.63, 3.8) is 0 Å². The second kappa shape index (κ2) is 7.26. The Hall–Kier alpha value is -2.82. The minimum absolute atomic E-state index is 0.147. The number of carbonyl (C=O) groups excluding carboxylic acids is 1. The highest BCUT2D eigenvalue weighted by molar-refractivity contribution is 6.43. The van der Waals surface area contributed by atoms with E-state index >= 15 is 0 Å². The number of hydrogen-bond donors (Lipinski definition) is 1. The number of nitrogens with zero attached hydrogens (tertiary/aromatic N) is 1. The number of hydrogen-bond acceptors (Lipinski definition) is 5. The second-order valence-electron chi connectivity index (χ2n) is 4.65. The van der Waals surface area contributed by atoms with Crippen molar-refractivity contribution >= 4 is 11.7 Å². The average Bonchev–Trinajstić information content (AvgIpc) is 2.55. The zero-order valence-corrected chi connectivity index (χ0v) is 12.4. The summed E-state index contributed by atoms with van der Waals surface area (Å²) in [5, 5.41) is 12.1. The van der Waals surface area contributed by atoms with E-state index in [1.165, 1.54) is 7.11 Å². The summed E-state index contributed by atoms with van der Waals surface area (Å²) in [6.07, 6.45) is 0. The summed E-state index contributed by atoms with van der Waals surface area (Å²) in [6, 6.07) is 14.7. The van der Waals surface area contributed by atoms with Gasteiger partial charge in [0.2, 0.25) is 0 Å². The number of aryl methyl sites for hydroxylation is 1. The molecular formula is C17H17NO4. The van der Waals surface area contributed by atoms with Gasteiger partial charge in [-0.15, -0.1) is 0 Å². The molecule has 0 amide bonds. The Labute approximate surface area is 128 Å². The molecule has 0 aliphatic rings. The summed E-state index contributed by atoms with van der Waals surface area (Å²) in [6.45, 7) is 2.20. The van der Waals surface area contributed by atoms with Crippen LogP contribution in [0.5, 0.6) is 5.75 Å². The summed E-state index contributed by atoms with van der Waals surface area (Å²) in [4.78, 5) is 11.7. The molecular weight excluding hydrogens is 282 g/mol. The lowest BCUT2D eigenvalue weighted by molar-refractivity contribution is -0.132. The quantitative estimate of drug-likeness (QED) is 0.399. The molecule has 0 saturated heterocycles. The van der Waals surface area contributed by atoms with Gasteiger partial charge in [-0.2, -0.15) is 0 Å². The standard InChI is InChI=1S/C17H17NO4/c1-12-7-3-6-10-15(12)22-11-13-8-4-5-9-14(13)16(18-20)17(19)21-2/h3-10,20H,11H2,1-2H3. The second-order valence-corrected chi connectivity index (χ2v) is 4.65. The number of carbonyl (C=O) groups is 1. The van der Waals surface area contributed by atoms with Crippen LogP contribution in [0.25, 0.3) is 0 Å². The van der Waals surface area contributed by atoms with Crippen molar-refractivity contribution in [1.82, 2.24) is 0 Å². The molecule has 5 heteroatoms. The van der Waals surface area contributed by atoms with Gasteiger partial charge >= 0.3 is 5.97 Å². The third-order valence-electron chi connectivity index (χ3n) is 3.23. The van der Waals surface area contributed by atoms with Crippen molar-refractivity contribution in [3.8, 4) is 5.75 Å². The van der Waals surface area contributed by atoms with Crippen LogP contribution in [-0.2, 0) is 16.1 Å². The van der Waals surface area contributed by atoms with E-state index in [-0.39, 0.29) is 12.3 Å². The van der Waals surface area contributed by atoms with E-state index in [1.54, 1.807) is 12.1 Å². The number of rotatable bonds is 5. The van der Waals surface area contributed by atoms with Crippen LogP contribution in [0.3, 0.4) is 0 Å². The molecule has 0 unspecified atom stereocenters. The first-order valence-electron chi connectivity index (χ1n) is 6.74. The summed E-state index contributed by atoms with van der Waals surface area (Å²) < 4.78 is 10.4. The maximum atomic E-state index is 11.7. The van der Waals surface area contributed by atoms with Gasteiger partial charge in [0.1, 0.15) is 12.4 Å². The Balaban J connectivity index is 2.26. The van der Waals surface area contributed by atoms with Crippen molar-refractivity contribution in [2.24, 2.45) is 5.16 Å². The molecule has 0 aliphatic heterocycles. The fourth-order valence-electron chi connectivity index (χ4n) is 2.05. The SMILES string of the molecule is COC(=O)C(=NO)c1ccccc1COc1ccccc1C. The first-order valence-corrected chi connectivity index (χ1v) is 6.74. The van der Waals surface area contributed by atoms with E-state index in [0.29, 0.717) is 5.56 Å². The highest BCUT2D eigenvalue weighted by Crippen LogP contribution is 2.19. The summed E-state index contributed by atoms with van der Waals surface area (Å²) in [5.41, 5.74) is 2.07. The first-order chi connectivity index (χ1) is 10.7. The summed E-state index contributed by atoms with van der Waals surface area (Å²) in [5.74, 6) is 0.0590. The monoisotopic (exact) mass is 299 g/mol. The number of methoxy groups -OCH3 is 1. The van der Waals surface area contributed by atoms with E-state index < -0.39 is 5.97 Å². The Bertz CT molecular complexity index is 695. The van der Waals surface area contributed by atoms with Crippen LogP contribution in [0.1, 0.15) is 16.7 Å². The number of para-hydroxylation sites is 1. The average molecular weight is 299 g/mol. The molecule has 22 heavy (non-hydrogen) atoms. The van der Waals surface area contributed by atoms with E-state index in [1.807, 2.05) is 43.3 Å². The van der Waals surface area contributed by atoms with Gasteiger partial charge in [0.15, 0.2) is 5.71 Å². The van der Waals surface area contributed by atoms with E-state index in [4.69, 9.17) is 9.94 Å². The Morgan fingerprint density at radius 2 is 1.82 bits per heavy atom. The predicted octanol–water partition coefficient (Wildman–Crippen LogP) is 2.93. The molecule has 0 bridgehead atoms. The Kier molecular flexibility index (Phi) is 5.14. The van der Waals surface area contributed by atoms with Crippen LogP contribution < -0.4 is 4.74 Å². The molecule has 2 aromatic rings. The van der Waals surface area contributed by atoms with Crippen LogP contribution >= 0.6 is 0 Å². The van der Waals surface area contributed by atoms with Gasteiger partial charge in [0.25, 0.3) is 0 Å². The molecule has 2 rings (SSSR count). The number of ether oxygens (including phenoxy) is 2. The minimum Gasteiger partial charge on any atom is -0.489 e. The smallest absolute Gasteiger partial charge is 0.360 e. The van der Waals surface area contributed by atoms with Gasteiger partial charge in [0, 0.05) is 5.56 Å². The van der Waals surface area contributed by atoms with Gasteiger partial charge in [0.05, 0.1) is 7.11 Å². The van der Waals surface area contributed by atoms with Crippen molar-refractivity contribution in [2.75, 3.05) is 7.11 Å². The minimum atomic E-state index is -0.703. The van der Waals surface area contributed by atoms with E-state index in [9.17, 15) is 4.79 Å². The van der Waals surface area contributed by atoms with Crippen LogP contribution in [-0.4, -0.2) is 24.0 Å². The highest BCUT2D eigenvalue weighted by Gasteiger charge is 2.18. The molecule has 0 aromatic heterocycles. The fraction of sp³-hybridized carbons (Fsp3) is 0.176. The lowest BCUT2D eigenvalue weighted by Gasteiger charge is -2.12. The maximum absolute atomic E-state index is 11.7. The van der Waals surface area contributed by atoms with Gasteiger partial charge in [-0.25, -0.2) is 4.79 Å². The van der Waals surface area contributed by atoms with Gasteiger partial charge in [-0.3, -0.25) is 0 Å². The fourth-order valence-corrected chi connectivity index (χ4v) is 2.05. The predicted molar refractivity (Wildman–Crippen MR) is 82.3 cm³/mol. The van der Waals surface area contributed by atoms with Crippen molar-refractivity contribution in [2.45, 2.75) is 13.5 Å². The van der Waals surface area contributed by atoms with Crippen LogP contribution in [0.15, 0.2) is 53.7 Å². The topological polar surface area (TPSA) is 68.1 Å². The lowest BCUT2D eigenvalue weighted by Crippen LogP contribution is -2.19. The molecule has 0 atom stereocenters. The van der Waals surface area contributed by atoms with E-state index in [0.717, 1.165) is 16.9 Å². The Morgan fingerprint density at radius 1 is 1.14 bits per heavy atom. The number of oxime groups is 1. The number of esters is 1. The Morgan fingerprint density at radius 3 is 2.50 bits per heavy atom. The van der Waals surface area contributed by atoms with Gasteiger partial charge < -0.3 is 14.7 Å². The molecule has 0 radical (unpaired) electrons. The lowest BCUT2D eigenvalue weighted by atomic mass is 10.0. The molecule has 0 fully saturated rings. The van der Waals surface area contributed by atoms with Crippen molar-refractivity contribution in [3.05, 3.63) is 65.2 Å². The highest BCUT2D eigenvalue weighted by atomic mass is 16.5. The third-order valence-corrected chi connectivity index (χ3v) is 3.23. The van der Waals surface area contributed by atoms with Crippen LogP contribution in [0, 0.1) is 6.92 Å². The molecule has 2 aromatic carbocycles. The molecule has 0 saturated carbocycles. The summed E-state index contributed by atoms with van der Waals surface area (Å²) in [7, 11) is 1.24. The molecule has 0 spiro atoms. The van der Waals surface area contributed by atoms with Gasteiger partial charge in [-0.05, 0) is 24.1 Å². The molecule has 0 aliphatic carbocycles. The van der Waals surface area contributed by atoms with Crippen LogP contribution in [0.2, 0.25) is 0 Å². The maximum Gasteiger partial charge on any atom is 0.360 e. The number of benzene rings is 2. The van der Waals surface area contributed by atoms with Crippen molar-refractivity contribution < 1.29 is 19.5 Å². The first kappa shape index (κ1) is 15.6. The van der Waals surface area contributed by atoms with Crippen molar-refractivity contribution in [1.29, 1.82) is 0 Å².